The predicted molar refractivity (Wildman–Crippen MR) is 228 cm³/mol. The molecular weight excluding hydrogens is 691 g/mol. The second-order valence-electron chi connectivity index (χ2n) is 14.6. The number of hydrogen-bond donors (Lipinski definition) is 0. The summed E-state index contributed by atoms with van der Waals surface area (Å²) in [6.45, 7) is 4.88. The quantitative estimate of drug-likeness (QED) is 0.126. The summed E-state index contributed by atoms with van der Waals surface area (Å²) < 4.78 is 2.39. The average Bonchev–Trinajstić information content (AvgIpc) is 3.57. The zero-order valence-corrected chi connectivity index (χ0v) is 32.0. The highest BCUT2D eigenvalue weighted by Crippen LogP contribution is 2.53. The smallest absolute Gasteiger partial charge is 0.180 e. The van der Waals surface area contributed by atoms with Crippen LogP contribution < -0.4 is 20.7 Å². The molecule has 6 aromatic carbocycles. The van der Waals surface area contributed by atoms with Crippen molar-refractivity contribution in [2.24, 2.45) is 0 Å². The highest BCUT2D eigenvalue weighted by atomic mass is 32.2. The molecule has 1 aliphatic heterocycles. The summed E-state index contributed by atoms with van der Waals surface area (Å²) in [7, 11) is -3.12. The molecule has 0 unspecified atom stereocenters. The lowest BCUT2D eigenvalue weighted by molar-refractivity contribution is 0.613. The van der Waals surface area contributed by atoms with Crippen molar-refractivity contribution in [1.29, 1.82) is 0 Å². The Labute approximate surface area is 321 Å². The van der Waals surface area contributed by atoms with Gasteiger partial charge in [-0.25, -0.2) is 4.98 Å². The van der Waals surface area contributed by atoms with Crippen LogP contribution in [0.5, 0.6) is 0 Å². The third-order valence-corrected chi connectivity index (χ3v) is 17.2. The van der Waals surface area contributed by atoms with Crippen LogP contribution in [-0.4, -0.2) is 22.6 Å². The van der Waals surface area contributed by atoms with Gasteiger partial charge in [-0.1, -0.05) is 159 Å². The van der Waals surface area contributed by atoms with Crippen molar-refractivity contribution in [2.45, 2.75) is 29.1 Å². The standard InChI is InChI=1S/C49H37N3SSi/c1-49(2)39-25-10-12-28-43(39)53-48-46-38-24-9-11-27-41(38)52(45-29-14-16-31-51-45)42(46)33-44(47(48)49)54(35-19-5-3-6-20-35,36-21-7-4-8-22-36)37-23-17-18-34(32-37)40-26-13-15-30-50-40/h3-33H,1-2H3. The summed E-state index contributed by atoms with van der Waals surface area (Å²) >= 11 is 1.93. The Balaban J connectivity index is 1.45. The van der Waals surface area contributed by atoms with Crippen molar-refractivity contribution >= 4 is 62.4 Å². The van der Waals surface area contributed by atoms with E-state index in [1.54, 1.807) is 0 Å². The maximum atomic E-state index is 4.97. The minimum absolute atomic E-state index is 0.310. The van der Waals surface area contributed by atoms with Crippen LogP contribution in [-0.2, 0) is 5.41 Å². The number of para-hydroxylation sites is 1. The van der Waals surface area contributed by atoms with Gasteiger partial charge in [-0.15, -0.1) is 0 Å². The Hall–Kier alpha value is -6.01. The Bertz CT molecular complexity index is 2780. The van der Waals surface area contributed by atoms with Crippen molar-refractivity contribution in [3.05, 3.63) is 199 Å². The van der Waals surface area contributed by atoms with Gasteiger partial charge in [0.2, 0.25) is 0 Å². The molecule has 9 aromatic rings. The fourth-order valence-electron chi connectivity index (χ4n) is 8.95. The fourth-order valence-corrected chi connectivity index (χ4v) is 15.8. The Morgan fingerprint density at radius 1 is 0.556 bits per heavy atom. The molecule has 1 aliphatic rings. The molecule has 0 spiro atoms. The van der Waals surface area contributed by atoms with E-state index in [1.807, 2.05) is 36.3 Å². The molecule has 0 saturated carbocycles. The van der Waals surface area contributed by atoms with Gasteiger partial charge in [0, 0.05) is 43.9 Å². The van der Waals surface area contributed by atoms with Gasteiger partial charge in [0.1, 0.15) is 5.82 Å². The van der Waals surface area contributed by atoms with Crippen molar-refractivity contribution in [2.75, 3.05) is 0 Å². The number of benzene rings is 6. The molecule has 0 atom stereocenters. The Morgan fingerprint density at radius 3 is 1.93 bits per heavy atom. The van der Waals surface area contributed by atoms with E-state index in [0.29, 0.717) is 0 Å². The number of nitrogens with zero attached hydrogens (tertiary/aromatic N) is 3. The van der Waals surface area contributed by atoms with E-state index >= 15 is 0 Å². The first-order valence-electron chi connectivity index (χ1n) is 18.5. The van der Waals surface area contributed by atoms with E-state index in [4.69, 9.17) is 9.97 Å². The number of aromatic nitrogens is 3. The molecule has 0 radical (unpaired) electrons. The first kappa shape index (κ1) is 32.6. The first-order valence-corrected chi connectivity index (χ1v) is 21.3. The van der Waals surface area contributed by atoms with E-state index in [9.17, 15) is 0 Å². The summed E-state index contributed by atoms with van der Waals surface area (Å²) in [4.78, 5) is 12.4. The van der Waals surface area contributed by atoms with Gasteiger partial charge in [0.05, 0.1) is 16.7 Å². The van der Waals surface area contributed by atoms with Crippen LogP contribution in [0.2, 0.25) is 0 Å². The van der Waals surface area contributed by atoms with Crippen molar-refractivity contribution in [1.82, 2.24) is 14.5 Å². The first-order chi connectivity index (χ1) is 26.6. The van der Waals surface area contributed by atoms with Gasteiger partial charge < -0.3 is 0 Å². The van der Waals surface area contributed by atoms with Crippen LogP contribution in [0.3, 0.4) is 0 Å². The largest absolute Gasteiger partial charge is 0.294 e. The normalized spacial score (nSPS) is 13.4. The third-order valence-electron chi connectivity index (χ3n) is 11.3. The van der Waals surface area contributed by atoms with Crippen LogP contribution in [0.25, 0.3) is 38.9 Å². The molecule has 0 amide bonds. The molecule has 5 heteroatoms. The SMILES string of the molecule is CC1(C)c2ccccc2Sc2c1c([Si](c1ccccc1)(c1ccccc1)c1cccc(-c3ccccn3)c1)cc1c2c2ccccc2n1-c1ccccn1. The van der Waals surface area contributed by atoms with Gasteiger partial charge in [0.25, 0.3) is 0 Å². The van der Waals surface area contributed by atoms with Gasteiger partial charge in [-0.3, -0.25) is 9.55 Å². The van der Waals surface area contributed by atoms with E-state index in [0.717, 1.165) is 22.6 Å². The van der Waals surface area contributed by atoms with Gasteiger partial charge >= 0.3 is 0 Å². The van der Waals surface area contributed by atoms with E-state index in [1.165, 1.54) is 58.0 Å². The van der Waals surface area contributed by atoms with E-state index < -0.39 is 8.07 Å². The number of rotatable bonds is 6. The molecule has 0 saturated heterocycles. The second-order valence-corrected chi connectivity index (χ2v) is 19.4. The maximum Gasteiger partial charge on any atom is 0.180 e. The van der Waals surface area contributed by atoms with E-state index in [2.05, 4.69) is 182 Å². The monoisotopic (exact) mass is 727 g/mol. The lowest BCUT2D eigenvalue weighted by atomic mass is 9.77. The van der Waals surface area contributed by atoms with Crippen LogP contribution in [0, 0.1) is 0 Å². The molecule has 3 nitrogen and oxygen atoms in total. The highest BCUT2D eigenvalue weighted by molar-refractivity contribution is 7.99. The molecule has 4 heterocycles. The maximum absolute atomic E-state index is 4.97. The topological polar surface area (TPSA) is 30.7 Å². The number of hydrogen-bond acceptors (Lipinski definition) is 3. The second kappa shape index (κ2) is 12.8. The number of fused-ring (bicyclic) bond motifs is 6. The summed E-state index contributed by atoms with van der Waals surface area (Å²) in [5.74, 6) is 0.916. The third kappa shape index (κ3) is 4.89. The number of pyridine rings is 2. The van der Waals surface area contributed by atoms with Gasteiger partial charge in [-0.05, 0) is 74.3 Å². The summed E-state index contributed by atoms with van der Waals surface area (Å²) in [5.41, 5.74) is 6.89. The van der Waals surface area contributed by atoms with Crippen LogP contribution in [0.15, 0.2) is 198 Å². The molecule has 0 fully saturated rings. The van der Waals surface area contributed by atoms with Crippen molar-refractivity contribution in [3.8, 4) is 17.1 Å². The average molecular weight is 728 g/mol. The minimum atomic E-state index is -3.12. The van der Waals surface area contributed by atoms with Crippen molar-refractivity contribution < 1.29 is 0 Å². The Kier molecular flexibility index (Phi) is 7.75. The molecular formula is C49H37N3SSi. The van der Waals surface area contributed by atoms with Crippen LogP contribution in [0.1, 0.15) is 25.0 Å². The molecule has 10 rings (SSSR count). The van der Waals surface area contributed by atoms with E-state index in [-0.39, 0.29) is 5.41 Å². The highest BCUT2D eigenvalue weighted by Gasteiger charge is 2.48. The summed E-state index contributed by atoms with van der Waals surface area (Å²) in [6.07, 6.45) is 3.79. The molecule has 0 aliphatic carbocycles. The lowest BCUT2D eigenvalue weighted by Gasteiger charge is -2.43. The predicted octanol–water partition coefficient (Wildman–Crippen LogP) is 9.41. The van der Waals surface area contributed by atoms with Crippen LogP contribution >= 0.6 is 11.8 Å². The minimum Gasteiger partial charge on any atom is -0.294 e. The molecule has 0 N–H and O–H groups in total. The van der Waals surface area contributed by atoms with Gasteiger partial charge in [0.15, 0.2) is 8.07 Å². The Morgan fingerprint density at radius 2 is 1.20 bits per heavy atom. The summed E-state index contributed by atoms with van der Waals surface area (Å²) in [6, 6.07) is 64.7. The molecule has 54 heavy (non-hydrogen) atoms. The van der Waals surface area contributed by atoms with Crippen molar-refractivity contribution in [3.63, 3.8) is 0 Å². The lowest BCUT2D eigenvalue weighted by Crippen LogP contribution is -2.76. The van der Waals surface area contributed by atoms with Crippen LogP contribution in [0.4, 0.5) is 0 Å². The molecule has 3 aromatic heterocycles. The summed E-state index contributed by atoms with van der Waals surface area (Å²) in [5, 5.41) is 7.94. The zero-order valence-electron chi connectivity index (χ0n) is 30.1. The molecule has 0 bridgehead atoms. The fraction of sp³-hybridized carbons (Fsp3) is 0.0612. The zero-order chi connectivity index (χ0) is 36.3. The van der Waals surface area contributed by atoms with Gasteiger partial charge in [-0.2, -0.15) is 0 Å². The molecule has 258 valence electrons.